The van der Waals surface area contributed by atoms with E-state index in [0.29, 0.717) is 29.6 Å². The van der Waals surface area contributed by atoms with Crippen molar-refractivity contribution in [2.24, 2.45) is 23.7 Å². The van der Waals surface area contributed by atoms with E-state index < -0.39 is 5.60 Å². The van der Waals surface area contributed by atoms with Gasteiger partial charge in [-0.15, -0.1) is 0 Å². The van der Waals surface area contributed by atoms with Gasteiger partial charge in [0, 0.05) is 0 Å². The smallest absolute Gasteiger partial charge is 0.0901 e. The number of benzene rings is 1. The summed E-state index contributed by atoms with van der Waals surface area (Å²) in [6.07, 6.45) is 5.89. The van der Waals surface area contributed by atoms with Crippen molar-refractivity contribution in [2.45, 2.75) is 92.6 Å². The van der Waals surface area contributed by atoms with Gasteiger partial charge < -0.3 is 5.11 Å². The Labute approximate surface area is 169 Å². The Morgan fingerprint density at radius 2 is 1.30 bits per heavy atom. The molecule has 1 nitrogen and oxygen atoms in total. The predicted molar refractivity (Wildman–Crippen MR) is 121 cm³/mol. The van der Waals surface area contributed by atoms with Crippen LogP contribution in [0, 0.1) is 23.7 Å². The van der Waals surface area contributed by atoms with Crippen LogP contribution in [-0.2, 0) is 5.60 Å². The van der Waals surface area contributed by atoms with E-state index in [1.807, 2.05) is 6.08 Å². The van der Waals surface area contributed by atoms with Crippen molar-refractivity contribution in [1.82, 2.24) is 0 Å². The molecule has 0 aliphatic rings. The summed E-state index contributed by atoms with van der Waals surface area (Å²) in [5.74, 6) is 2.76. The molecule has 0 saturated heterocycles. The summed E-state index contributed by atoms with van der Waals surface area (Å²) in [4.78, 5) is 0. The van der Waals surface area contributed by atoms with E-state index in [-0.39, 0.29) is 0 Å². The molecule has 27 heavy (non-hydrogen) atoms. The summed E-state index contributed by atoms with van der Waals surface area (Å²) >= 11 is 0. The lowest BCUT2D eigenvalue weighted by molar-refractivity contribution is -0.00460. The Morgan fingerprint density at radius 1 is 0.815 bits per heavy atom. The van der Waals surface area contributed by atoms with Gasteiger partial charge in [-0.2, -0.15) is 0 Å². The molecule has 1 heteroatoms. The van der Waals surface area contributed by atoms with Crippen LogP contribution in [-0.4, -0.2) is 5.11 Å². The quantitative estimate of drug-likeness (QED) is 0.420. The van der Waals surface area contributed by atoms with Crippen LogP contribution in [0.15, 0.2) is 24.8 Å². The third kappa shape index (κ3) is 7.82. The largest absolute Gasteiger partial charge is 0.385 e. The van der Waals surface area contributed by atoms with Crippen molar-refractivity contribution in [1.29, 1.82) is 0 Å². The Bertz CT molecular complexity index is 560. The van der Waals surface area contributed by atoms with Crippen LogP contribution in [0.4, 0.5) is 0 Å². The monoisotopic (exact) mass is 372 g/mol. The van der Waals surface area contributed by atoms with Crippen molar-refractivity contribution in [3.8, 4) is 0 Å². The highest BCUT2D eigenvalue weighted by Gasteiger charge is 2.32. The van der Waals surface area contributed by atoms with Gasteiger partial charge in [-0.05, 0) is 78.0 Å². The molecule has 0 aliphatic heterocycles. The minimum Gasteiger partial charge on any atom is -0.385 e. The van der Waals surface area contributed by atoms with Gasteiger partial charge in [-0.25, -0.2) is 0 Å². The zero-order valence-electron chi connectivity index (χ0n) is 19.2. The lowest BCUT2D eigenvalue weighted by atomic mass is 9.76. The van der Waals surface area contributed by atoms with Gasteiger partial charge in [0.15, 0.2) is 0 Å². The zero-order chi connectivity index (χ0) is 20.8. The molecule has 0 amide bonds. The Morgan fingerprint density at radius 3 is 1.67 bits per heavy atom. The molecule has 0 unspecified atom stereocenters. The maximum atomic E-state index is 11.7. The topological polar surface area (TPSA) is 20.2 Å². The highest BCUT2D eigenvalue weighted by Crippen LogP contribution is 2.39. The summed E-state index contributed by atoms with van der Waals surface area (Å²) < 4.78 is 0. The Hall–Kier alpha value is -1.08. The van der Waals surface area contributed by atoms with Crippen molar-refractivity contribution < 1.29 is 5.11 Å². The molecule has 0 radical (unpaired) electrons. The van der Waals surface area contributed by atoms with Crippen LogP contribution in [0.5, 0.6) is 0 Å². The first-order valence-corrected chi connectivity index (χ1v) is 11.0. The van der Waals surface area contributed by atoms with Crippen LogP contribution < -0.4 is 0 Å². The van der Waals surface area contributed by atoms with E-state index in [2.05, 4.69) is 80.2 Å². The minimum absolute atomic E-state index is 0.451. The fourth-order valence-electron chi connectivity index (χ4n) is 4.48. The molecule has 1 aromatic rings. The van der Waals surface area contributed by atoms with Crippen LogP contribution in [0.2, 0.25) is 0 Å². The predicted octanol–water partition coefficient (Wildman–Crippen LogP) is 7.79. The summed E-state index contributed by atoms with van der Waals surface area (Å²) in [7, 11) is 0. The molecule has 0 aliphatic carbocycles. The molecule has 0 atom stereocenters. The molecule has 0 aromatic heterocycles. The van der Waals surface area contributed by atoms with Gasteiger partial charge in [-0.3, -0.25) is 0 Å². The first kappa shape index (κ1) is 24.0. The third-order valence-corrected chi connectivity index (χ3v) is 5.23. The Kier molecular flexibility index (Phi) is 9.28. The highest BCUT2D eigenvalue weighted by molar-refractivity contribution is 5.51. The SMILES string of the molecule is C=Cc1cc(C(CC(C)C)CC(C)C)cc(C(O)(CC(C)C)CC(C)C)c1. The molecule has 1 N–H and O–H groups in total. The molecular weight excluding hydrogens is 328 g/mol. The van der Waals surface area contributed by atoms with Gasteiger partial charge in [-0.1, -0.05) is 80.2 Å². The van der Waals surface area contributed by atoms with E-state index >= 15 is 0 Å². The summed E-state index contributed by atoms with van der Waals surface area (Å²) in [6, 6.07) is 6.74. The van der Waals surface area contributed by atoms with Crippen molar-refractivity contribution >= 4 is 6.08 Å². The maximum Gasteiger partial charge on any atom is 0.0901 e. The van der Waals surface area contributed by atoms with E-state index in [0.717, 1.165) is 24.0 Å². The molecule has 154 valence electrons. The van der Waals surface area contributed by atoms with Crippen molar-refractivity contribution in [2.75, 3.05) is 0 Å². The summed E-state index contributed by atoms with van der Waals surface area (Å²) in [5.41, 5.74) is 2.81. The summed E-state index contributed by atoms with van der Waals surface area (Å²) in [5, 5.41) is 11.7. The van der Waals surface area contributed by atoms with Gasteiger partial charge in [0.05, 0.1) is 5.60 Å². The normalized spacial score (nSPS) is 12.8. The number of aliphatic hydroxyl groups is 1. The standard InChI is InChI=1S/C26H44O/c1-10-22-13-24(23(11-18(2)3)12-19(4)5)15-25(14-22)26(27,16-20(6)7)17-21(8)9/h10,13-15,18-21,23,27H,1,11-12,16-17H2,2-9H3. The fraction of sp³-hybridized carbons (Fsp3) is 0.692. The molecule has 0 saturated carbocycles. The fourth-order valence-corrected chi connectivity index (χ4v) is 4.48. The third-order valence-electron chi connectivity index (χ3n) is 5.23. The Balaban J connectivity index is 3.45. The van der Waals surface area contributed by atoms with E-state index in [4.69, 9.17) is 0 Å². The highest BCUT2D eigenvalue weighted by atomic mass is 16.3. The van der Waals surface area contributed by atoms with E-state index in [1.165, 1.54) is 18.4 Å². The number of rotatable bonds is 11. The van der Waals surface area contributed by atoms with Gasteiger partial charge in [0.1, 0.15) is 0 Å². The van der Waals surface area contributed by atoms with Crippen LogP contribution >= 0.6 is 0 Å². The average Bonchev–Trinajstić information content (AvgIpc) is 2.51. The lowest BCUT2D eigenvalue weighted by Crippen LogP contribution is -2.30. The number of hydrogen-bond donors (Lipinski definition) is 1. The molecule has 0 bridgehead atoms. The van der Waals surface area contributed by atoms with Gasteiger partial charge in [0.2, 0.25) is 0 Å². The van der Waals surface area contributed by atoms with Crippen molar-refractivity contribution in [3.63, 3.8) is 0 Å². The molecule has 0 fully saturated rings. The first-order valence-electron chi connectivity index (χ1n) is 11.0. The molecular formula is C26H44O. The van der Waals surface area contributed by atoms with E-state index in [1.54, 1.807) is 0 Å². The number of hydrogen-bond acceptors (Lipinski definition) is 1. The van der Waals surface area contributed by atoms with Crippen LogP contribution in [0.25, 0.3) is 6.08 Å². The van der Waals surface area contributed by atoms with Gasteiger partial charge >= 0.3 is 0 Å². The van der Waals surface area contributed by atoms with Crippen molar-refractivity contribution in [3.05, 3.63) is 41.5 Å². The first-order chi connectivity index (χ1) is 12.5. The zero-order valence-corrected chi connectivity index (χ0v) is 19.2. The van der Waals surface area contributed by atoms with Crippen LogP contribution in [0.1, 0.15) is 104 Å². The van der Waals surface area contributed by atoms with Gasteiger partial charge in [0.25, 0.3) is 0 Å². The lowest BCUT2D eigenvalue weighted by Gasteiger charge is -2.34. The molecule has 1 rings (SSSR count). The second kappa shape index (κ2) is 10.5. The average molecular weight is 373 g/mol. The molecule has 1 aromatic carbocycles. The second-order valence-electron chi connectivity index (χ2n) is 10.3. The van der Waals surface area contributed by atoms with E-state index in [9.17, 15) is 5.11 Å². The molecule has 0 spiro atoms. The second-order valence-corrected chi connectivity index (χ2v) is 10.3. The van der Waals surface area contributed by atoms with Crippen LogP contribution in [0.3, 0.4) is 0 Å². The summed E-state index contributed by atoms with van der Waals surface area (Å²) in [6.45, 7) is 22.0. The maximum absolute atomic E-state index is 11.7. The minimum atomic E-state index is -0.768. The molecule has 0 heterocycles.